The van der Waals surface area contributed by atoms with E-state index in [2.05, 4.69) is 36.2 Å². The molecule has 0 bridgehead atoms. The molecule has 2 N–H and O–H groups in total. The van der Waals surface area contributed by atoms with Gasteiger partial charge in [0.1, 0.15) is 0 Å². The first-order valence-electron chi connectivity index (χ1n) is 7.85. The van der Waals surface area contributed by atoms with Gasteiger partial charge in [-0.05, 0) is 48.9 Å². The molecule has 1 aromatic heterocycles. The van der Waals surface area contributed by atoms with Crippen molar-refractivity contribution in [3.63, 3.8) is 0 Å². The van der Waals surface area contributed by atoms with Crippen molar-refractivity contribution in [2.75, 3.05) is 0 Å². The van der Waals surface area contributed by atoms with Gasteiger partial charge in [-0.2, -0.15) is 0 Å². The molecule has 2 heteroatoms. The number of fused-ring (bicyclic) bond motifs is 1. The van der Waals surface area contributed by atoms with Crippen molar-refractivity contribution in [2.45, 2.75) is 51.0 Å². The third kappa shape index (κ3) is 2.57. The lowest BCUT2D eigenvalue weighted by Gasteiger charge is -2.29. The lowest BCUT2D eigenvalue weighted by Crippen LogP contribution is -2.36. The number of hydrogen-bond acceptors (Lipinski definition) is 2. The van der Waals surface area contributed by atoms with E-state index < -0.39 is 0 Å². The molecule has 0 saturated heterocycles. The van der Waals surface area contributed by atoms with Gasteiger partial charge in [-0.25, -0.2) is 0 Å². The van der Waals surface area contributed by atoms with Crippen molar-refractivity contribution in [1.29, 1.82) is 0 Å². The second-order valence-corrected chi connectivity index (χ2v) is 6.27. The van der Waals surface area contributed by atoms with Gasteiger partial charge in [0.2, 0.25) is 0 Å². The Morgan fingerprint density at radius 3 is 3.00 bits per heavy atom. The molecule has 1 heterocycles. The van der Waals surface area contributed by atoms with Crippen LogP contribution < -0.4 is 5.73 Å². The van der Waals surface area contributed by atoms with Crippen LogP contribution in [-0.4, -0.2) is 4.98 Å². The first-order valence-corrected chi connectivity index (χ1v) is 7.85. The summed E-state index contributed by atoms with van der Waals surface area (Å²) >= 11 is 0. The van der Waals surface area contributed by atoms with Crippen LogP contribution in [0, 0.1) is 5.92 Å². The largest absolute Gasteiger partial charge is 0.321 e. The van der Waals surface area contributed by atoms with Crippen molar-refractivity contribution >= 4 is 10.9 Å². The molecular weight excluding hydrogens is 244 g/mol. The fourth-order valence-electron chi connectivity index (χ4n) is 3.52. The highest BCUT2D eigenvalue weighted by molar-refractivity contribution is 5.79. The lowest BCUT2D eigenvalue weighted by molar-refractivity contribution is 0.372. The van der Waals surface area contributed by atoms with Gasteiger partial charge >= 0.3 is 0 Å². The molecule has 1 aromatic carbocycles. The summed E-state index contributed by atoms with van der Waals surface area (Å²) < 4.78 is 0. The molecule has 2 atom stereocenters. The summed E-state index contributed by atoms with van der Waals surface area (Å²) in [5, 5.41) is 1.20. The molecule has 2 aromatic rings. The average molecular weight is 268 g/mol. The summed E-state index contributed by atoms with van der Waals surface area (Å²) in [5.74, 6) is 0.863. The van der Waals surface area contributed by atoms with E-state index >= 15 is 0 Å². The fourth-order valence-corrected chi connectivity index (χ4v) is 3.52. The second-order valence-electron chi connectivity index (χ2n) is 6.27. The Bertz CT molecular complexity index is 593. The standard InChI is InChI=1S/C18H24N2/c1-2-14-5-3-10-18(19,11-9-14)16-7-8-17-15(13-16)6-4-12-20-17/h4,6-8,12-14H,2-3,5,9-11,19H2,1H3. The van der Waals surface area contributed by atoms with Crippen LogP contribution in [0.2, 0.25) is 0 Å². The van der Waals surface area contributed by atoms with Crippen molar-refractivity contribution in [2.24, 2.45) is 11.7 Å². The maximum absolute atomic E-state index is 6.77. The van der Waals surface area contributed by atoms with Crippen molar-refractivity contribution in [3.05, 3.63) is 42.1 Å². The maximum atomic E-state index is 6.77. The molecule has 2 unspecified atom stereocenters. The molecule has 0 aliphatic heterocycles. The number of rotatable bonds is 2. The quantitative estimate of drug-likeness (QED) is 0.821. The van der Waals surface area contributed by atoms with Crippen molar-refractivity contribution in [1.82, 2.24) is 4.98 Å². The minimum Gasteiger partial charge on any atom is -0.321 e. The SMILES string of the molecule is CCC1CCCC(N)(c2ccc3ncccc3c2)CC1. The molecule has 1 fully saturated rings. The monoisotopic (exact) mass is 268 g/mol. The van der Waals surface area contributed by atoms with Crippen LogP contribution in [0.4, 0.5) is 0 Å². The molecule has 1 aliphatic rings. The Balaban J connectivity index is 1.92. The van der Waals surface area contributed by atoms with E-state index in [-0.39, 0.29) is 5.54 Å². The third-order valence-electron chi connectivity index (χ3n) is 4.99. The fraction of sp³-hybridized carbons (Fsp3) is 0.500. The third-order valence-corrected chi connectivity index (χ3v) is 4.99. The van der Waals surface area contributed by atoms with Gasteiger partial charge in [0.05, 0.1) is 5.52 Å². The van der Waals surface area contributed by atoms with Gasteiger partial charge in [0.15, 0.2) is 0 Å². The van der Waals surface area contributed by atoms with Crippen LogP contribution in [0.5, 0.6) is 0 Å². The first kappa shape index (κ1) is 13.6. The zero-order valence-electron chi connectivity index (χ0n) is 12.3. The van der Waals surface area contributed by atoms with Gasteiger partial charge in [0, 0.05) is 17.1 Å². The highest BCUT2D eigenvalue weighted by atomic mass is 14.7. The molecule has 106 valence electrons. The molecule has 1 aliphatic carbocycles. The average Bonchev–Trinajstić information content (AvgIpc) is 2.69. The number of nitrogens with zero attached hydrogens (tertiary/aromatic N) is 1. The molecular formula is C18H24N2. The smallest absolute Gasteiger partial charge is 0.0702 e. The zero-order valence-corrected chi connectivity index (χ0v) is 12.3. The number of nitrogens with two attached hydrogens (primary N) is 1. The Kier molecular flexibility index (Phi) is 3.75. The molecule has 0 spiro atoms. The zero-order chi connectivity index (χ0) is 14.0. The van der Waals surface area contributed by atoms with E-state index in [1.807, 2.05) is 12.3 Å². The van der Waals surface area contributed by atoms with E-state index in [0.717, 1.165) is 24.3 Å². The van der Waals surface area contributed by atoms with Crippen LogP contribution in [0.25, 0.3) is 10.9 Å². The predicted molar refractivity (Wildman–Crippen MR) is 84.5 cm³/mol. The Morgan fingerprint density at radius 2 is 2.15 bits per heavy atom. The van der Waals surface area contributed by atoms with E-state index in [1.54, 1.807) is 0 Å². The van der Waals surface area contributed by atoms with Gasteiger partial charge in [-0.3, -0.25) is 4.98 Å². The number of pyridine rings is 1. The van der Waals surface area contributed by atoms with Crippen LogP contribution in [-0.2, 0) is 5.54 Å². The number of aromatic nitrogens is 1. The summed E-state index contributed by atoms with van der Waals surface area (Å²) in [7, 11) is 0. The van der Waals surface area contributed by atoms with E-state index in [1.165, 1.54) is 36.6 Å². The molecule has 0 amide bonds. The van der Waals surface area contributed by atoms with Crippen LogP contribution >= 0.6 is 0 Å². The number of benzene rings is 1. The molecule has 0 radical (unpaired) electrons. The van der Waals surface area contributed by atoms with Crippen LogP contribution in [0.3, 0.4) is 0 Å². The summed E-state index contributed by atoms with van der Waals surface area (Å²) in [6, 6.07) is 10.7. The van der Waals surface area contributed by atoms with Gasteiger partial charge in [-0.15, -0.1) is 0 Å². The highest BCUT2D eigenvalue weighted by Crippen LogP contribution is 2.37. The Morgan fingerprint density at radius 1 is 1.25 bits per heavy atom. The molecule has 3 rings (SSSR count). The normalized spacial score (nSPS) is 27.4. The maximum Gasteiger partial charge on any atom is 0.0702 e. The van der Waals surface area contributed by atoms with E-state index in [9.17, 15) is 0 Å². The lowest BCUT2D eigenvalue weighted by atomic mass is 9.83. The molecule has 1 saturated carbocycles. The van der Waals surface area contributed by atoms with Crippen molar-refractivity contribution in [3.8, 4) is 0 Å². The van der Waals surface area contributed by atoms with Gasteiger partial charge in [-0.1, -0.05) is 38.3 Å². The number of hydrogen-bond donors (Lipinski definition) is 1. The van der Waals surface area contributed by atoms with Crippen LogP contribution in [0.15, 0.2) is 36.5 Å². The topological polar surface area (TPSA) is 38.9 Å². The summed E-state index contributed by atoms with van der Waals surface area (Å²) in [6.45, 7) is 2.30. The van der Waals surface area contributed by atoms with Crippen molar-refractivity contribution < 1.29 is 0 Å². The van der Waals surface area contributed by atoms with E-state index in [4.69, 9.17) is 5.73 Å². The minimum atomic E-state index is -0.145. The van der Waals surface area contributed by atoms with Crippen LogP contribution in [0.1, 0.15) is 51.0 Å². The summed E-state index contributed by atoms with van der Waals surface area (Å²) in [6.07, 6.45) is 9.20. The first-order chi connectivity index (χ1) is 9.71. The Labute approximate surface area is 121 Å². The predicted octanol–water partition coefficient (Wildman–Crippen LogP) is 4.38. The molecule has 2 nitrogen and oxygen atoms in total. The van der Waals surface area contributed by atoms with E-state index in [0.29, 0.717) is 0 Å². The molecule has 20 heavy (non-hydrogen) atoms. The summed E-state index contributed by atoms with van der Waals surface area (Å²) in [4.78, 5) is 4.39. The summed E-state index contributed by atoms with van der Waals surface area (Å²) in [5.41, 5.74) is 8.97. The highest BCUT2D eigenvalue weighted by Gasteiger charge is 2.30. The minimum absolute atomic E-state index is 0.145. The Hall–Kier alpha value is -1.41. The van der Waals surface area contributed by atoms with Gasteiger partial charge in [0.25, 0.3) is 0 Å². The van der Waals surface area contributed by atoms with Gasteiger partial charge < -0.3 is 5.73 Å². The second kappa shape index (κ2) is 5.53.